The van der Waals surface area contributed by atoms with Crippen LogP contribution in [0.3, 0.4) is 0 Å². The second-order valence-corrected chi connectivity index (χ2v) is 8.58. The van der Waals surface area contributed by atoms with E-state index in [1.807, 2.05) is 56.3 Å². The van der Waals surface area contributed by atoms with Gasteiger partial charge in [-0.2, -0.15) is 0 Å². The van der Waals surface area contributed by atoms with Crippen LogP contribution in [0.5, 0.6) is 0 Å². The van der Waals surface area contributed by atoms with Crippen LogP contribution < -0.4 is 5.32 Å². The lowest BCUT2D eigenvalue weighted by Crippen LogP contribution is -2.50. The average Bonchev–Trinajstić information content (AvgIpc) is 2.75. The number of carbonyl (C=O) groups is 2. The number of carbonyl (C=O) groups excluding carboxylic acids is 2. The number of hydrogen-bond donors (Lipinski definition) is 1. The maximum absolute atomic E-state index is 13.1. The predicted molar refractivity (Wildman–Crippen MR) is 127 cm³/mol. The third-order valence-corrected chi connectivity index (χ3v) is 6.03. The van der Waals surface area contributed by atoms with Crippen molar-refractivity contribution in [2.45, 2.75) is 44.9 Å². The molecule has 1 atom stereocenters. The van der Waals surface area contributed by atoms with Gasteiger partial charge in [-0.3, -0.25) is 9.59 Å². The van der Waals surface area contributed by atoms with Crippen molar-refractivity contribution in [3.8, 4) is 0 Å². The minimum absolute atomic E-state index is 0.00328. The Hall–Kier alpha value is -1.98. The SMILES string of the molecule is CCCNC(=O)[C@@H](CC)N(CCc1ccccc1)C(=O)CSCc1cccc(Cl)c1. The fourth-order valence-corrected chi connectivity index (χ4v) is 4.30. The van der Waals surface area contributed by atoms with E-state index in [0.717, 1.165) is 24.0 Å². The molecule has 0 bridgehead atoms. The van der Waals surface area contributed by atoms with E-state index in [1.165, 1.54) is 0 Å². The number of halogens is 1. The van der Waals surface area contributed by atoms with Gasteiger partial charge >= 0.3 is 0 Å². The van der Waals surface area contributed by atoms with Gasteiger partial charge in [0.2, 0.25) is 11.8 Å². The summed E-state index contributed by atoms with van der Waals surface area (Å²) >= 11 is 7.59. The van der Waals surface area contributed by atoms with Crippen LogP contribution in [-0.2, 0) is 21.8 Å². The highest BCUT2D eigenvalue weighted by Gasteiger charge is 2.27. The molecule has 1 N–H and O–H groups in total. The summed E-state index contributed by atoms with van der Waals surface area (Å²) in [5.74, 6) is 0.966. The molecule has 0 aromatic heterocycles. The van der Waals surface area contributed by atoms with Crippen LogP contribution in [0.1, 0.15) is 37.8 Å². The second kappa shape index (κ2) is 13.3. The van der Waals surface area contributed by atoms with Crippen LogP contribution in [0, 0.1) is 0 Å². The van der Waals surface area contributed by atoms with Gasteiger partial charge in [-0.25, -0.2) is 0 Å². The van der Waals surface area contributed by atoms with E-state index in [4.69, 9.17) is 11.6 Å². The van der Waals surface area contributed by atoms with Crippen LogP contribution >= 0.6 is 23.4 Å². The zero-order valence-corrected chi connectivity index (χ0v) is 19.3. The maximum atomic E-state index is 13.1. The monoisotopic (exact) mass is 446 g/mol. The van der Waals surface area contributed by atoms with E-state index < -0.39 is 6.04 Å². The number of amides is 2. The lowest BCUT2D eigenvalue weighted by Gasteiger charge is -2.30. The Morgan fingerprint density at radius 1 is 1.07 bits per heavy atom. The summed E-state index contributed by atoms with van der Waals surface area (Å²) in [7, 11) is 0. The Morgan fingerprint density at radius 2 is 1.80 bits per heavy atom. The Balaban J connectivity index is 2.03. The second-order valence-electron chi connectivity index (χ2n) is 7.16. The fourth-order valence-electron chi connectivity index (χ4n) is 3.23. The summed E-state index contributed by atoms with van der Waals surface area (Å²) in [6.07, 6.45) is 2.19. The normalized spacial score (nSPS) is 11.7. The van der Waals surface area contributed by atoms with Crippen molar-refractivity contribution in [1.29, 1.82) is 0 Å². The van der Waals surface area contributed by atoms with E-state index in [2.05, 4.69) is 17.4 Å². The quantitative estimate of drug-likeness (QED) is 0.501. The lowest BCUT2D eigenvalue weighted by molar-refractivity contribution is -0.138. The number of nitrogens with one attached hydrogen (secondary N) is 1. The molecule has 4 nitrogen and oxygen atoms in total. The van der Waals surface area contributed by atoms with Crippen LogP contribution in [0.2, 0.25) is 5.02 Å². The minimum atomic E-state index is -0.445. The summed E-state index contributed by atoms with van der Waals surface area (Å²) in [4.78, 5) is 27.5. The Kier molecular flexibility index (Phi) is 10.8. The molecule has 0 aliphatic heterocycles. The summed E-state index contributed by atoms with van der Waals surface area (Å²) in [6, 6.07) is 17.3. The van der Waals surface area contributed by atoms with Crippen molar-refractivity contribution in [3.05, 3.63) is 70.7 Å². The summed E-state index contributed by atoms with van der Waals surface area (Å²) in [6.45, 7) is 5.13. The van der Waals surface area contributed by atoms with Crippen LogP contribution in [0.4, 0.5) is 0 Å². The molecule has 2 rings (SSSR count). The van der Waals surface area contributed by atoms with Gasteiger partial charge in [0.25, 0.3) is 0 Å². The Labute approximate surface area is 189 Å². The lowest BCUT2D eigenvalue weighted by atomic mass is 10.1. The molecule has 2 aromatic rings. The van der Waals surface area contributed by atoms with Gasteiger partial charge < -0.3 is 10.2 Å². The van der Waals surface area contributed by atoms with Crippen molar-refractivity contribution in [3.63, 3.8) is 0 Å². The molecular formula is C24H31ClN2O2S. The van der Waals surface area contributed by atoms with Gasteiger partial charge in [0, 0.05) is 23.9 Å². The van der Waals surface area contributed by atoms with Crippen molar-refractivity contribution in [2.24, 2.45) is 0 Å². The number of hydrogen-bond acceptors (Lipinski definition) is 3. The highest BCUT2D eigenvalue weighted by Crippen LogP contribution is 2.18. The van der Waals surface area contributed by atoms with Crippen LogP contribution in [0.25, 0.3) is 0 Å². The highest BCUT2D eigenvalue weighted by molar-refractivity contribution is 7.99. The van der Waals surface area contributed by atoms with Gasteiger partial charge in [0.1, 0.15) is 6.04 Å². The first-order chi connectivity index (χ1) is 14.5. The standard InChI is InChI=1S/C24H31ClN2O2S/c1-3-14-26-24(29)22(4-2)27(15-13-19-9-6-5-7-10-19)23(28)18-30-17-20-11-8-12-21(25)16-20/h5-12,16,22H,3-4,13-15,17-18H2,1-2H3,(H,26,29)/t22-/m1/s1. The molecule has 0 saturated heterocycles. The third-order valence-electron chi connectivity index (χ3n) is 4.80. The van der Waals surface area contributed by atoms with Crippen LogP contribution in [-0.4, -0.2) is 41.6 Å². The zero-order chi connectivity index (χ0) is 21.8. The molecule has 162 valence electrons. The molecule has 0 saturated carbocycles. The molecule has 0 spiro atoms. The molecule has 0 unspecified atom stereocenters. The van der Waals surface area contributed by atoms with Gasteiger partial charge in [-0.05, 0) is 42.5 Å². The molecule has 2 amide bonds. The van der Waals surface area contributed by atoms with E-state index in [9.17, 15) is 9.59 Å². The van der Waals surface area contributed by atoms with E-state index in [-0.39, 0.29) is 11.8 Å². The van der Waals surface area contributed by atoms with Gasteiger partial charge in [-0.15, -0.1) is 11.8 Å². The van der Waals surface area contributed by atoms with Crippen LogP contribution in [0.15, 0.2) is 54.6 Å². The average molecular weight is 447 g/mol. The summed E-state index contributed by atoms with van der Waals surface area (Å²) in [5.41, 5.74) is 2.24. The molecule has 0 radical (unpaired) electrons. The number of thioether (sulfide) groups is 1. The van der Waals surface area contributed by atoms with Crippen molar-refractivity contribution >= 4 is 35.2 Å². The van der Waals surface area contributed by atoms with Crippen molar-refractivity contribution < 1.29 is 9.59 Å². The fraction of sp³-hybridized carbons (Fsp3) is 0.417. The van der Waals surface area contributed by atoms with Gasteiger partial charge in [0.05, 0.1) is 5.75 Å². The zero-order valence-electron chi connectivity index (χ0n) is 17.8. The van der Waals surface area contributed by atoms with Crippen molar-refractivity contribution in [1.82, 2.24) is 10.2 Å². The number of benzene rings is 2. The summed E-state index contributed by atoms with van der Waals surface area (Å²) < 4.78 is 0. The molecule has 30 heavy (non-hydrogen) atoms. The summed E-state index contributed by atoms with van der Waals surface area (Å²) in [5, 5.41) is 3.65. The smallest absolute Gasteiger partial charge is 0.242 e. The van der Waals surface area contributed by atoms with E-state index >= 15 is 0 Å². The Morgan fingerprint density at radius 3 is 2.47 bits per heavy atom. The molecule has 0 aliphatic rings. The van der Waals surface area contributed by atoms with Gasteiger partial charge in [-0.1, -0.05) is 67.9 Å². The topological polar surface area (TPSA) is 49.4 Å². The highest BCUT2D eigenvalue weighted by atomic mass is 35.5. The first kappa shape index (κ1) is 24.3. The Bertz CT molecular complexity index is 801. The molecule has 0 aliphatic carbocycles. The number of rotatable bonds is 12. The van der Waals surface area contributed by atoms with Gasteiger partial charge in [0.15, 0.2) is 0 Å². The van der Waals surface area contributed by atoms with E-state index in [1.54, 1.807) is 16.7 Å². The molecule has 2 aromatic carbocycles. The first-order valence-electron chi connectivity index (χ1n) is 10.5. The largest absolute Gasteiger partial charge is 0.354 e. The van der Waals surface area contributed by atoms with Crippen molar-refractivity contribution in [2.75, 3.05) is 18.8 Å². The first-order valence-corrected chi connectivity index (χ1v) is 12.0. The molecular weight excluding hydrogens is 416 g/mol. The number of nitrogens with zero attached hydrogens (tertiary/aromatic N) is 1. The molecule has 0 heterocycles. The minimum Gasteiger partial charge on any atom is -0.354 e. The maximum Gasteiger partial charge on any atom is 0.242 e. The molecule has 6 heteroatoms. The molecule has 0 fully saturated rings. The van der Waals surface area contributed by atoms with E-state index in [0.29, 0.717) is 36.0 Å². The third kappa shape index (κ3) is 8.04. The predicted octanol–water partition coefficient (Wildman–Crippen LogP) is 4.95.